The van der Waals surface area contributed by atoms with Crippen molar-refractivity contribution in [3.05, 3.63) is 45.5 Å². The largest absolute Gasteiger partial charge is 0.327 e. The summed E-state index contributed by atoms with van der Waals surface area (Å²) in [5.41, 5.74) is 0.650. The molecule has 0 heterocycles. The van der Waals surface area contributed by atoms with Gasteiger partial charge in [0, 0.05) is 24.7 Å². The van der Waals surface area contributed by atoms with Gasteiger partial charge in [0.2, 0.25) is 11.8 Å². The van der Waals surface area contributed by atoms with E-state index in [4.69, 9.17) is 0 Å². The first kappa shape index (κ1) is 19.8. The van der Waals surface area contributed by atoms with Crippen LogP contribution in [0.4, 0.5) is 8.78 Å². The molecule has 28 heavy (non-hydrogen) atoms. The van der Waals surface area contributed by atoms with E-state index in [0.29, 0.717) is 11.4 Å². The van der Waals surface area contributed by atoms with Gasteiger partial charge >= 0.3 is 0 Å². The van der Waals surface area contributed by atoms with Crippen molar-refractivity contribution in [3.8, 4) is 0 Å². The molecule has 4 rings (SSSR count). The number of carbonyl (C=O) groups excluding carboxylic acids is 2. The van der Waals surface area contributed by atoms with Crippen molar-refractivity contribution in [2.45, 2.75) is 50.9 Å². The van der Waals surface area contributed by atoms with E-state index in [1.165, 1.54) is 21.6 Å². The lowest BCUT2D eigenvalue weighted by Crippen LogP contribution is -2.30. The predicted octanol–water partition coefficient (Wildman–Crippen LogP) is 4.44. The van der Waals surface area contributed by atoms with Crippen molar-refractivity contribution in [1.29, 1.82) is 0 Å². The summed E-state index contributed by atoms with van der Waals surface area (Å²) in [6.07, 6.45) is 8.36. The third kappa shape index (κ3) is 5.08. The fraction of sp³-hybridized carbons (Fsp3) is 0.500. The Bertz CT molecular complexity index is 732. The second-order valence-electron chi connectivity index (χ2n) is 7.55. The van der Waals surface area contributed by atoms with E-state index in [0.717, 1.165) is 35.5 Å². The van der Waals surface area contributed by atoms with Crippen molar-refractivity contribution in [2.75, 3.05) is 0 Å². The molecule has 0 spiro atoms. The second kappa shape index (κ2) is 8.45. The molecule has 0 radical (unpaired) electrons. The van der Waals surface area contributed by atoms with E-state index in [9.17, 15) is 18.4 Å². The van der Waals surface area contributed by atoms with E-state index < -0.39 is 12.3 Å². The summed E-state index contributed by atoms with van der Waals surface area (Å²) in [5, 5.41) is 5.36. The van der Waals surface area contributed by atoms with Crippen LogP contribution in [0.5, 0.6) is 0 Å². The smallest absolute Gasteiger partial charge is 0.227 e. The van der Waals surface area contributed by atoms with Crippen LogP contribution in [0.1, 0.15) is 38.5 Å². The maximum Gasteiger partial charge on any atom is 0.227 e. The molecule has 0 bridgehead atoms. The van der Waals surface area contributed by atoms with Crippen LogP contribution in [-0.4, -0.2) is 24.2 Å². The van der Waals surface area contributed by atoms with Crippen LogP contribution in [0.3, 0.4) is 0 Å². The molecule has 2 fully saturated rings. The summed E-state index contributed by atoms with van der Waals surface area (Å²) >= 11 is 0. The highest BCUT2D eigenvalue weighted by Crippen LogP contribution is 2.44. The van der Waals surface area contributed by atoms with Crippen LogP contribution in [-0.2, 0) is 9.59 Å². The lowest BCUT2D eigenvalue weighted by atomic mass is 10.1. The Kier molecular flexibility index (Phi) is 5.96. The first-order valence-corrected chi connectivity index (χ1v) is 11.7. The first-order valence-electron chi connectivity index (χ1n) is 9.55. The molecule has 2 unspecified atom stereocenters. The average molecular weight is 425 g/mol. The maximum absolute atomic E-state index is 14.3. The maximum atomic E-state index is 14.3. The summed E-state index contributed by atoms with van der Waals surface area (Å²) in [5.74, 6) is -0.0967. The monoisotopic (exact) mass is 424 g/mol. The molecule has 0 aliphatic heterocycles. The molecule has 0 aromatic heterocycles. The molecule has 8 heteroatoms. The molecule has 4 nitrogen and oxygen atoms in total. The third-order valence-electron chi connectivity index (χ3n) is 5.02. The number of hydrogen-bond acceptors (Lipinski definition) is 4. The number of alkyl halides is 2. The van der Waals surface area contributed by atoms with Crippen LogP contribution >= 0.6 is 21.6 Å². The normalized spacial score (nSPS) is 27.2. The Morgan fingerprint density at radius 2 is 1.14 bits per heavy atom. The molecule has 150 valence electrons. The fourth-order valence-corrected chi connectivity index (χ4v) is 5.21. The highest BCUT2D eigenvalue weighted by atomic mass is 33.1. The number of allylic oxidation sites excluding steroid dienone is 8. The minimum Gasteiger partial charge on any atom is -0.327 e. The zero-order chi connectivity index (χ0) is 19.7. The highest BCUT2D eigenvalue weighted by molar-refractivity contribution is 8.79. The standard InChI is InChI=1S/C20H22F2N2O2S2/c21-15-9-13(5-7-17(15)23-19(25)11-1-2-11)27-28-14-6-8-18(16(22)10-14)24-20(26)12-3-4-12/h5-8,11-12,15-16H,1-4,9-10H2,(H,23,25)(H,24,26). The van der Waals surface area contributed by atoms with Crippen LogP contribution in [0.25, 0.3) is 0 Å². The first-order chi connectivity index (χ1) is 13.5. The number of rotatable bonds is 7. The summed E-state index contributed by atoms with van der Waals surface area (Å²) in [4.78, 5) is 25.2. The zero-order valence-electron chi connectivity index (χ0n) is 15.3. The zero-order valence-corrected chi connectivity index (χ0v) is 16.9. The Hall–Kier alpha value is -1.54. The van der Waals surface area contributed by atoms with E-state index in [1.54, 1.807) is 12.2 Å². The quantitative estimate of drug-likeness (QED) is 0.594. The van der Waals surface area contributed by atoms with Gasteiger partial charge in [-0.15, -0.1) is 0 Å². The number of halogens is 2. The number of carbonyl (C=O) groups is 2. The lowest BCUT2D eigenvalue weighted by Gasteiger charge is -2.21. The molecule has 2 atom stereocenters. The Morgan fingerprint density at radius 1 is 0.750 bits per heavy atom. The number of nitrogens with one attached hydrogen (secondary N) is 2. The van der Waals surface area contributed by atoms with Gasteiger partial charge in [-0.05, 0) is 59.8 Å². The summed E-state index contributed by atoms with van der Waals surface area (Å²) in [6, 6.07) is 0. The Balaban J connectivity index is 1.29. The number of amides is 2. The molecule has 4 aliphatic rings. The van der Waals surface area contributed by atoms with E-state index in [-0.39, 0.29) is 36.5 Å². The SMILES string of the molecule is O=C(NC1=CC=C(SSC2=CC=C(NC(=O)C3CC3)C(F)C2)CC1F)C1CC1. The molecule has 0 aromatic carbocycles. The summed E-state index contributed by atoms with van der Waals surface area (Å²) < 4.78 is 28.7. The van der Waals surface area contributed by atoms with Gasteiger partial charge in [-0.25, -0.2) is 8.78 Å². The van der Waals surface area contributed by atoms with Gasteiger partial charge in [0.05, 0.1) is 11.4 Å². The minimum atomic E-state index is -1.23. The second-order valence-corrected chi connectivity index (χ2v) is 9.93. The van der Waals surface area contributed by atoms with E-state index >= 15 is 0 Å². The third-order valence-corrected chi connectivity index (χ3v) is 7.67. The topological polar surface area (TPSA) is 58.2 Å². The van der Waals surface area contributed by atoms with Crippen molar-refractivity contribution in [2.24, 2.45) is 11.8 Å². The van der Waals surface area contributed by atoms with Crippen LogP contribution in [0, 0.1) is 11.8 Å². The van der Waals surface area contributed by atoms with E-state index in [2.05, 4.69) is 10.6 Å². The van der Waals surface area contributed by atoms with Gasteiger partial charge in [-0.3, -0.25) is 9.59 Å². The van der Waals surface area contributed by atoms with Crippen LogP contribution < -0.4 is 10.6 Å². The molecular weight excluding hydrogens is 402 g/mol. The van der Waals surface area contributed by atoms with Crippen LogP contribution in [0.15, 0.2) is 45.5 Å². The van der Waals surface area contributed by atoms with Gasteiger partial charge < -0.3 is 10.6 Å². The van der Waals surface area contributed by atoms with Gasteiger partial charge in [0.25, 0.3) is 0 Å². The van der Waals surface area contributed by atoms with Gasteiger partial charge in [-0.2, -0.15) is 0 Å². The molecular formula is C20H22F2N2O2S2. The molecule has 0 saturated heterocycles. The molecule has 2 saturated carbocycles. The minimum absolute atomic E-state index is 0.0438. The fourth-order valence-electron chi connectivity index (χ4n) is 2.93. The van der Waals surface area contributed by atoms with Gasteiger partial charge in [-0.1, -0.05) is 21.6 Å². The van der Waals surface area contributed by atoms with Crippen molar-refractivity contribution < 1.29 is 18.4 Å². The van der Waals surface area contributed by atoms with E-state index in [1.807, 2.05) is 12.2 Å². The Morgan fingerprint density at radius 3 is 1.46 bits per heavy atom. The molecule has 4 aliphatic carbocycles. The summed E-state index contributed by atoms with van der Waals surface area (Å²) in [7, 11) is 2.82. The van der Waals surface area contributed by atoms with Crippen molar-refractivity contribution >= 4 is 33.4 Å². The molecule has 2 N–H and O–H groups in total. The van der Waals surface area contributed by atoms with Gasteiger partial charge in [0.15, 0.2) is 0 Å². The van der Waals surface area contributed by atoms with Crippen LogP contribution in [0.2, 0.25) is 0 Å². The summed E-state index contributed by atoms with van der Waals surface area (Å²) in [6.45, 7) is 0. The van der Waals surface area contributed by atoms with Crippen molar-refractivity contribution in [1.82, 2.24) is 10.6 Å². The number of hydrogen-bond donors (Lipinski definition) is 2. The van der Waals surface area contributed by atoms with Gasteiger partial charge in [0.1, 0.15) is 12.3 Å². The average Bonchev–Trinajstić information content (AvgIpc) is 3.56. The lowest BCUT2D eigenvalue weighted by molar-refractivity contribution is -0.122. The highest BCUT2D eigenvalue weighted by Gasteiger charge is 2.33. The van der Waals surface area contributed by atoms with Crippen molar-refractivity contribution in [3.63, 3.8) is 0 Å². The molecule has 2 amide bonds. The Labute approximate surface area is 170 Å². The molecule has 0 aromatic rings. The predicted molar refractivity (Wildman–Crippen MR) is 108 cm³/mol.